The first-order chi connectivity index (χ1) is 9.34. The van der Waals surface area contributed by atoms with Gasteiger partial charge in [0.1, 0.15) is 0 Å². The molecule has 0 bridgehead atoms. The number of benzene rings is 1. The Bertz CT molecular complexity index is 613. The van der Waals surface area contributed by atoms with Gasteiger partial charge in [-0.25, -0.2) is 13.2 Å². The third-order valence-corrected chi connectivity index (χ3v) is 5.16. The number of nitrogens with zero attached hydrogens (tertiary/aromatic N) is 1. The van der Waals surface area contributed by atoms with E-state index in [0.29, 0.717) is 17.4 Å². The molecule has 0 saturated heterocycles. The lowest BCUT2D eigenvalue weighted by molar-refractivity contribution is 0.0695. The second-order valence-electron chi connectivity index (χ2n) is 4.10. The highest BCUT2D eigenvalue weighted by Gasteiger charge is 2.24. The van der Waals surface area contributed by atoms with Crippen LogP contribution in [0.3, 0.4) is 0 Å². The molecule has 7 heteroatoms. The summed E-state index contributed by atoms with van der Waals surface area (Å²) in [4.78, 5) is 11.0. The molecule has 1 rings (SSSR count). The topological polar surface area (TPSA) is 74.7 Å². The lowest BCUT2D eigenvalue weighted by Crippen LogP contribution is -2.32. The second kappa shape index (κ2) is 7.01. The molecule has 0 aromatic heterocycles. The highest BCUT2D eigenvalue weighted by Crippen LogP contribution is 2.23. The Morgan fingerprint density at radius 2 is 2.15 bits per heavy atom. The number of sulfonamides is 1. The summed E-state index contributed by atoms with van der Waals surface area (Å²) in [6, 6.07) is 3.97. The van der Waals surface area contributed by atoms with Gasteiger partial charge >= 0.3 is 5.97 Å². The van der Waals surface area contributed by atoms with Crippen molar-refractivity contribution < 1.29 is 18.3 Å². The molecule has 0 unspecified atom stereocenters. The Morgan fingerprint density at radius 1 is 1.50 bits per heavy atom. The van der Waals surface area contributed by atoms with Crippen molar-refractivity contribution in [3.63, 3.8) is 0 Å². The Labute approximate surface area is 127 Å². The van der Waals surface area contributed by atoms with Gasteiger partial charge < -0.3 is 5.11 Å². The molecule has 0 atom stereocenters. The maximum absolute atomic E-state index is 12.5. The lowest BCUT2D eigenvalue weighted by atomic mass is 10.2. The van der Waals surface area contributed by atoms with Crippen molar-refractivity contribution in [3.05, 3.63) is 40.9 Å². The van der Waals surface area contributed by atoms with Crippen molar-refractivity contribution in [2.45, 2.75) is 18.2 Å². The van der Waals surface area contributed by atoms with E-state index < -0.39 is 16.0 Å². The van der Waals surface area contributed by atoms with Crippen molar-refractivity contribution in [1.82, 2.24) is 4.31 Å². The lowest BCUT2D eigenvalue weighted by Gasteiger charge is -2.20. The number of rotatable bonds is 7. The highest BCUT2D eigenvalue weighted by atomic mass is 79.9. The molecule has 110 valence electrons. The van der Waals surface area contributed by atoms with Gasteiger partial charge in [-0.3, -0.25) is 0 Å². The summed E-state index contributed by atoms with van der Waals surface area (Å²) >= 11 is 3.09. The van der Waals surface area contributed by atoms with Gasteiger partial charge in [-0.15, -0.1) is 6.58 Å². The molecule has 0 saturated carbocycles. The number of hydrogen-bond acceptors (Lipinski definition) is 3. The molecule has 1 aromatic carbocycles. The van der Waals surface area contributed by atoms with Crippen LogP contribution in [-0.4, -0.2) is 36.9 Å². The van der Waals surface area contributed by atoms with Crippen LogP contribution in [0.1, 0.15) is 23.7 Å². The van der Waals surface area contributed by atoms with E-state index >= 15 is 0 Å². The normalized spacial score (nSPS) is 11.6. The fourth-order valence-corrected chi connectivity index (χ4v) is 3.63. The fraction of sp³-hybridized carbons (Fsp3) is 0.308. The van der Waals surface area contributed by atoms with Gasteiger partial charge in [0.15, 0.2) is 0 Å². The molecular formula is C13H16BrNO4S. The standard InChI is InChI=1S/C13H16BrNO4S/c1-3-7-15(8-4-2)20(18,19)10-5-6-12(14)11(9-10)13(16)17/h3,5-6,9H,1,4,7-8H2,2H3,(H,16,17). The zero-order valence-electron chi connectivity index (χ0n) is 11.0. The predicted octanol–water partition coefficient (Wildman–Crippen LogP) is 2.73. The number of carboxylic acid groups (broad SMARTS) is 1. The number of carbonyl (C=O) groups is 1. The predicted molar refractivity (Wildman–Crippen MR) is 80.3 cm³/mol. The molecular weight excluding hydrogens is 346 g/mol. The molecule has 0 heterocycles. The van der Waals surface area contributed by atoms with Gasteiger partial charge in [0, 0.05) is 17.6 Å². The third-order valence-electron chi connectivity index (χ3n) is 2.61. The van der Waals surface area contributed by atoms with Crippen molar-refractivity contribution >= 4 is 31.9 Å². The number of halogens is 1. The average Bonchev–Trinajstić information content (AvgIpc) is 2.38. The van der Waals surface area contributed by atoms with E-state index in [-0.39, 0.29) is 17.0 Å². The first-order valence-corrected chi connectivity index (χ1v) is 8.21. The Kier molecular flexibility index (Phi) is 5.91. The van der Waals surface area contributed by atoms with Gasteiger partial charge in [0.25, 0.3) is 0 Å². The summed E-state index contributed by atoms with van der Waals surface area (Å²) in [7, 11) is -3.72. The Hall–Kier alpha value is -1.18. The van der Waals surface area contributed by atoms with Gasteiger partial charge in [-0.05, 0) is 40.5 Å². The first kappa shape index (κ1) is 16.9. The van der Waals surface area contributed by atoms with Crippen LogP contribution < -0.4 is 0 Å². The SMILES string of the molecule is C=CCN(CCC)S(=O)(=O)c1ccc(Br)c(C(=O)O)c1. The van der Waals surface area contributed by atoms with E-state index in [1.54, 1.807) is 0 Å². The summed E-state index contributed by atoms with van der Waals surface area (Å²) in [5.41, 5.74) is -0.0823. The molecule has 5 nitrogen and oxygen atoms in total. The van der Waals surface area contributed by atoms with E-state index in [0.717, 1.165) is 6.07 Å². The van der Waals surface area contributed by atoms with Crippen molar-refractivity contribution in [2.75, 3.05) is 13.1 Å². The van der Waals surface area contributed by atoms with E-state index in [1.165, 1.54) is 22.5 Å². The second-order valence-corrected chi connectivity index (χ2v) is 6.89. The smallest absolute Gasteiger partial charge is 0.336 e. The van der Waals surface area contributed by atoms with Crippen LogP contribution >= 0.6 is 15.9 Å². The van der Waals surface area contributed by atoms with Gasteiger partial charge in [0.05, 0.1) is 10.5 Å². The van der Waals surface area contributed by atoms with E-state index in [2.05, 4.69) is 22.5 Å². The zero-order chi connectivity index (χ0) is 15.3. The van der Waals surface area contributed by atoms with Crippen LogP contribution in [0.5, 0.6) is 0 Å². The molecule has 0 spiro atoms. The van der Waals surface area contributed by atoms with Crippen LogP contribution in [0.25, 0.3) is 0 Å². The molecule has 0 aliphatic rings. The quantitative estimate of drug-likeness (QED) is 0.757. The number of carboxylic acids is 1. The minimum Gasteiger partial charge on any atom is -0.478 e. The fourth-order valence-electron chi connectivity index (χ4n) is 1.68. The summed E-state index contributed by atoms with van der Waals surface area (Å²) < 4.78 is 26.6. The molecule has 1 aromatic rings. The minimum atomic E-state index is -3.72. The van der Waals surface area contributed by atoms with Crippen molar-refractivity contribution in [2.24, 2.45) is 0 Å². The summed E-state index contributed by atoms with van der Waals surface area (Å²) in [6.07, 6.45) is 2.17. The van der Waals surface area contributed by atoms with Gasteiger partial charge in [-0.1, -0.05) is 13.0 Å². The zero-order valence-corrected chi connectivity index (χ0v) is 13.4. The maximum Gasteiger partial charge on any atom is 0.336 e. The molecule has 0 aliphatic carbocycles. The summed E-state index contributed by atoms with van der Waals surface area (Å²) in [6.45, 7) is 5.96. The Morgan fingerprint density at radius 3 is 2.65 bits per heavy atom. The monoisotopic (exact) mass is 361 g/mol. The Balaban J connectivity index is 3.30. The van der Waals surface area contributed by atoms with Crippen LogP contribution in [0.4, 0.5) is 0 Å². The third kappa shape index (κ3) is 3.68. The largest absolute Gasteiger partial charge is 0.478 e. The molecule has 20 heavy (non-hydrogen) atoms. The van der Waals surface area contributed by atoms with E-state index in [4.69, 9.17) is 5.11 Å². The molecule has 0 aliphatic heterocycles. The maximum atomic E-state index is 12.5. The van der Waals surface area contributed by atoms with Crippen LogP contribution in [0.15, 0.2) is 40.2 Å². The summed E-state index contributed by atoms with van der Waals surface area (Å²) in [5.74, 6) is -1.18. The molecule has 0 amide bonds. The van der Waals surface area contributed by atoms with Crippen LogP contribution in [0, 0.1) is 0 Å². The van der Waals surface area contributed by atoms with Crippen molar-refractivity contribution in [1.29, 1.82) is 0 Å². The van der Waals surface area contributed by atoms with E-state index in [9.17, 15) is 13.2 Å². The molecule has 0 fully saturated rings. The molecule has 1 N–H and O–H groups in total. The minimum absolute atomic E-state index is 0.0339. The molecule has 0 radical (unpaired) electrons. The number of hydrogen-bond donors (Lipinski definition) is 1. The van der Waals surface area contributed by atoms with Crippen LogP contribution in [-0.2, 0) is 10.0 Å². The highest BCUT2D eigenvalue weighted by molar-refractivity contribution is 9.10. The van der Waals surface area contributed by atoms with Crippen molar-refractivity contribution in [3.8, 4) is 0 Å². The van der Waals surface area contributed by atoms with Gasteiger partial charge in [-0.2, -0.15) is 4.31 Å². The first-order valence-electron chi connectivity index (χ1n) is 5.98. The van der Waals surface area contributed by atoms with Gasteiger partial charge in [0.2, 0.25) is 10.0 Å². The van der Waals surface area contributed by atoms with Crippen LogP contribution in [0.2, 0.25) is 0 Å². The number of aromatic carboxylic acids is 1. The van der Waals surface area contributed by atoms with E-state index in [1.807, 2.05) is 6.92 Å². The average molecular weight is 362 g/mol. The summed E-state index contributed by atoms with van der Waals surface area (Å²) in [5, 5.41) is 9.05.